The summed E-state index contributed by atoms with van der Waals surface area (Å²) in [5.74, 6) is 5.90. The molecule has 2 aromatic rings. The number of nitriles is 1. The lowest BCUT2D eigenvalue weighted by atomic mass is 9.90. The number of piperazine rings is 1. The Bertz CT molecular complexity index is 1230. The molecule has 1 aliphatic heterocycles. The maximum atomic E-state index is 13.4. The summed E-state index contributed by atoms with van der Waals surface area (Å²) < 4.78 is 67.5. The van der Waals surface area contributed by atoms with Gasteiger partial charge in [0, 0.05) is 31.5 Å². The van der Waals surface area contributed by atoms with E-state index in [2.05, 4.69) is 16.8 Å². The van der Waals surface area contributed by atoms with Crippen molar-refractivity contribution in [2.75, 3.05) is 30.3 Å². The van der Waals surface area contributed by atoms with Crippen LogP contribution in [0.15, 0.2) is 47.5 Å². The second-order valence-electron chi connectivity index (χ2n) is 7.63. The van der Waals surface area contributed by atoms with Crippen LogP contribution < -0.4 is 10.6 Å². The monoisotopic (exact) mass is 493 g/mol. The molecule has 0 spiro atoms. The van der Waals surface area contributed by atoms with Crippen LogP contribution in [-0.4, -0.2) is 54.7 Å². The summed E-state index contributed by atoms with van der Waals surface area (Å²) >= 11 is 0. The normalized spacial score (nSPS) is 18.9. The zero-order chi connectivity index (χ0) is 25.1. The van der Waals surface area contributed by atoms with Gasteiger partial charge in [-0.25, -0.2) is 13.4 Å². The van der Waals surface area contributed by atoms with E-state index in [0.717, 1.165) is 12.1 Å². The first-order chi connectivity index (χ1) is 15.9. The summed E-state index contributed by atoms with van der Waals surface area (Å²) in [5.41, 5.74) is 2.29. The highest BCUT2D eigenvalue weighted by Gasteiger charge is 2.55. The number of halogens is 3. The Morgan fingerprint density at radius 2 is 1.88 bits per heavy atom. The third-order valence-corrected chi connectivity index (χ3v) is 7.38. The number of alkyl halides is 3. The summed E-state index contributed by atoms with van der Waals surface area (Å²) in [6, 6.07) is 8.57. The molecule has 34 heavy (non-hydrogen) atoms. The molecule has 2 heterocycles. The lowest BCUT2D eigenvalue weighted by Gasteiger charge is -2.40. The fraction of sp³-hybridized carbons (Fsp3) is 0.364. The van der Waals surface area contributed by atoms with Crippen LogP contribution in [0.1, 0.15) is 18.9 Å². The number of hydrogen-bond donors (Lipinski definition) is 2. The Hall–Kier alpha value is -3.32. The second kappa shape index (κ2) is 9.50. The van der Waals surface area contributed by atoms with Crippen molar-refractivity contribution in [1.82, 2.24) is 9.29 Å². The number of nitrogen functional groups attached to an aromatic ring is 1. The molecule has 0 amide bonds. The SMILES string of the molecule is CC#C[C@H]1CN(S(=O)(=O)c2ccc(N)nc2)CCN1c1ccc([C@](O)(CC#N)C(F)(F)F)cc1. The highest BCUT2D eigenvalue weighted by Crippen LogP contribution is 2.42. The van der Waals surface area contributed by atoms with E-state index >= 15 is 0 Å². The molecular formula is C22H22F3N5O3S. The van der Waals surface area contributed by atoms with Crippen molar-refractivity contribution in [3.63, 3.8) is 0 Å². The Morgan fingerprint density at radius 3 is 2.41 bits per heavy atom. The summed E-state index contributed by atoms with van der Waals surface area (Å²) in [6.07, 6.45) is -4.99. The van der Waals surface area contributed by atoms with E-state index < -0.39 is 39.8 Å². The van der Waals surface area contributed by atoms with Gasteiger partial charge in [-0.3, -0.25) is 0 Å². The molecule has 180 valence electrons. The first-order valence-electron chi connectivity index (χ1n) is 10.1. The maximum absolute atomic E-state index is 13.4. The van der Waals surface area contributed by atoms with E-state index in [1.807, 2.05) is 0 Å². The van der Waals surface area contributed by atoms with Crippen molar-refractivity contribution in [1.29, 1.82) is 5.26 Å². The summed E-state index contributed by atoms with van der Waals surface area (Å²) in [5, 5.41) is 18.9. The molecule has 1 aliphatic rings. The van der Waals surface area contributed by atoms with Crippen LogP contribution in [0.5, 0.6) is 0 Å². The van der Waals surface area contributed by atoms with Crippen molar-refractivity contribution in [3.8, 4) is 17.9 Å². The zero-order valence-corrected chi connectivity index (χ0v) is 18.9. The molecule has 0 aliphatic carbocycles. The van der Waals surface area contributed by atoms with Gasteiger partial charge in [0.25, 0.3) is 0 Å². The van der Waals surface area contributed by atoms with Gasteiger partial charge in [0.15, 0.2) is 5.60 Å². The summed E-state index contributed by atoms with van der Waals surface area (Å²) in [4.78, 5) is 5.60. The van der Waals surface area contributed by atoms with Crippen molar-refractivity contribution >= 4 is 21.5 Å². The quantitative estimate of drug-likeness (QED) is 0.612. The van der Waals surface area contributed by atoms with E-state index in [9.17, 15) is 26.7 Å². The Kier molecular flexibility index (Phi) is 7.07. The molecule has 3 N–H and O–H groups in total. The predicted molar refractivity (Wildman–Crippen MR) is 119 cm³/mol. The average molecular weight is 494 g/mol. The molecule has 0 saturated carbocycles. The highest BCUT2D eigenvalue weighted by atomic mass is 32.2. The molecule has 1 aromatic heterocycles. The number of pyridine rings is 1. The third-order valence-electron chi connectivity index (χ3n) is 5.53. The van der Waals surface area contributed by atoms with Crippen LogP contribution in [0.25, 0.3) is 0 Å². The summed E-state index contributed by atoms with van der Waals surface area (Å²) in [6.45, 7) is 1.96. The Balaban J connectivity index is 1.87. The van der Waals surface area contributed by atoms with Crippen LogP contribution in [0.2, 0.25) is 0 Å². The van der Waals surface area contributed by atoms with Gasteiger partial charge in [-0.05, 0) is 36.8 Å². The lowest BCUT2D eigenvalue weighted by molar-refractivity contribution is -0.264. The fourth-order valence-electron chi connectivity index (χ4n) is 3.68. The van der Waals surface area contributed by atoms with Gasteiger partial charge in [0.2, 0.25) is 10.0 Å². The minimum Gasteiger partial charge on any atom is -0.384 e. The summed E-state index contributed by atoms with van der Waals surface area (Å²) in [7, 11) is -3.85. The third kappa shape index (κ3) is 4.80. The lowest BCUT2D eigenvalue weighted by Crippen LogP contribution is -2.54. The fourth-order valence-corrected chi connectivity index (χ4v) is 5.06. The number of hydrogen-bond acceptors (Lipinski definition) is 7. The highest BCUT2D eigenvalue weighted by molar-refractivity contribution is 7.89. The van der Waals surface area contributed by atoms with Gasteiger partial charge in [-0.1, -0.05) is 18.1 Å². The van der Waals surface area contributed by atoms with Crippen LogP contribution in [0, 0.1) is 23.2 Å². The van der Waals surface area contributed by atoms with Crippen LogP contribution in [0.4, 0.5) is 24.7 Å². The number of nitrogens with two attached hydrogens (primary N) is 1. The molecule has 12 heteroatoms. The van der Waals surface area contributed by atoms with Crippen molar-refractivity contribution in [2.45, 2.75) is 36.1 Å². The van der Waals surface area contributed by atoms with E-state index in [1.54, 1.807) is 11.8 Å². The molecule has 1 aromatic carbocycles. The number of aromatic nitrogens is 1. The molecule has 0 radical (unpaired) electrons. The van der Waals surface area contributed by atoms with Gasteiger partial charge < -0.3 is 15.7 Å². The largest absolute Gasteiger partial charge is 0.422 e. The van der Waals surface area contributed by atoms with E-state index in [-0.39, 0.29) is 30.3 Å². The average Bonchev–Trinajstić information content (AvgIpc) is 2.79. The van der Waals surface area contributed by atoms with Crippen molar-refractivity contribution in [3.05, 3.63) is 48.2 Å². The van der Waals surface area contributed by atoms with E-state index in [1.165, 1.54) is 40.8 Å². The molecule has 3 rings (SSSR count). The van der Waals surface area contributed by atoms with Gasteiger partial charge >= 0.3 is 6.18 Å². The van der Waals surface area contributed by atoms with Gasteiger partial charge in [0.05, 0.1) is 12.5 Å². The number of sulfonamides is 1. The Morgan fingerprint density at radius 1 is 1.21 bits per heavy atom. The molecule has 1 saturated heterocycles. The molecule has 1 fully saturated rings. The van der Waals surface area contributed by atoms with E-state index in [4.69, 9.17) is 11.0 Å². The van der Waals surface area contributed by atoms with Crippen LogP contribution >= 0.6 is 0 Å². The minimum absolute atomic E-state index is 0.00774. The topological polar surface area (TPSA) is 124 Å². The van der Waals surface area contributed by atoms with Gasteiger partial charge in [-0.15, -0.1) is 5.92 Å². The van der Waals surface area contributed by atoms with Gasteiger partial charge in [-0.2, -0.15) is 22.7 Å². The molecular weight excluding hydrogens is 471 g/mol. The second-order valence-corrected chi connectivity index (χ2v) is 9.56. The number of benzene rings is 1. The smallest absolute Gasteiger partial charge is 0.384 e. The predicted octanol–water partition coefficient (Wildman–Crippen LogP) is 2.23. The Labute approximate surface area is 195 Å². The van der Waals surface area contributed by atoms with Crippen molar-refractivity contribution < 1.29 is 26.7 Å². The van der Waals surface area contributed by atoms with E-state index in [0.29, 0.717) is 5.69 Å². The zero-order valence-electron chi connectivity index (χ0n) is 18.1. The number of nitrogens with zero attached hydrogens (tertiary/aromatic N) is 4. The number of aliphatic hydroxyl groups is 1. The minimum atomic E-state index is -5.03. The number of anilines is 2. The maximum Gasteiger partial charge on any atom is 0.422 e. The molecule has 2 atom stereocenters. The first-order valence-corrected chi connectivity index (χ1v) is 11.5. The molecule has 0 bridgehead atoms. The molecule has 8 nitrogen and oxygen atoms in total. The van der Waals surface area contributed by atoms with Crippen LogP contribution in [0.3, 0.4) is 0 Å². The van der Waals surface area contributed by atoms with Crippen molar-refractivity contribution in [2.24, 2.45) is 0 Å². The first kappa shape index (κ1) is 25.3. The molecule has 0 unspecified atom stereocenters. The number of rotatable bonds is 5. The van der Waals surface area contributed by atoms with Gasteiger partial charge in [0.1, 0.15) is 16.8 Å². The van der Waals surface area contributed by atoms with Crippen LogP contribution in [-0.2, 0) is 15.6 Å². The standard InChI is InChI=1S/C22H22F3N5O3S/c1-2-3-18-15-29(34(32,33)19-8-9-20(27)28-14-19)12-13-30(18)17-6-4-16(5-7-17)21(31,10-11-26)22(23,24)25/h4-9,14,18,31H,10,12-13,15H2,1H3,(H2,27,28)/t18-,21+/m0/s1.